The lowest BCUT2D eigenvalue weighted by molar-refractivity contribution is 0.163. The van der Waals surface area contributed by atoms with Crippen molar-refractivity contribution in [1.82, 2.24) is 5.32 Å². The number of fused-ring (bicyclic) bond motifs is 1. The molecule has 3 heteroatoms. The molecule has 0 aliphatic carbocycles. The predicted octanol–water partition coefficient (Wildman–Crippen LogP) is 4.73. The number of halogens is 1. The number of aryl methyl sites for hydroxylation is 1. The van der Waals surface area contributed by atoms with Gasteiger partial charge in [0, 0.05) is 6.54 Å². The van der Waals surface area contributed by atoms with E-state index >= 15 is 0 Å². The molecule has 1 heterocycles. The summed E-state index contributed by atoms with van der Waals surface area (Å²) >= 11 is 0. The van der Waals surface area contributed by atoms with Crippen molar-refractivity contribution in [2.75, 3.05) is 6.54 Å². The summed E-state index contributed by atoms with van der Waals surface area (Å²) in [4.78, 5) is 0. The van der Waals surface area contributed by atoms with E-state index in [0.29, 0.717) is 0 Å². The third-order valence-electron chi connectivity index (χ3n) is 3.87. The Balaban J connectivity index is 0.000000924. The van der Waals surface area contributed by atoms with Crippen LogP contribution in [0.5, 0.6) is 5.75 Å². The Hall–Kier alpha value is -1.87. The molecular weight excluding hydrogens is 289 g/mol. The molecule has 3 rings (SSSR count). The molecule has 0 spiro atoms. The first kappa shape index (κ1) is 17.5. The van der Waals surface area contributed by atoms with Crippen LogP contribution in [0.4, 0.5) is 4.39 Å². The lowest BCUT2D eigenvalue weighted by Crippen LogP contribution is -2.27. The second-order valence-corrected chi connectivity index (χ2v) is 5.48. The quantitative estimate of drug-likeness (QED) is 0.806. The van der Waals surface area contributed by atoms with Crippen LogP contribution in [-0.4, -0.2) is 12.6 Å². The fourth-order valence-corrected chi connectivity index (χ4v) is 2.71. The molecule has 1 aliphatic heterocycles. The number of benzene rings is 2. The van der Waals surface area contributed by atoms with Gasteiger partial charge in [-0.25, -0.2) is 4.39 Å². The van der Waals surface area contributed by atoms with Gasteiger partial charge in [0.2, 0.25) is 0 Å². The van der Waals surface area contributed by atoms with E-state index in [-0.39, 0.29) is 11.9 Å². The largest absolute Gasteiger partial charge is 0.490 e. The summed E-state index contributed by atoms with van der Waals surface area (Å²) in [6.07, 6.45) is 3.06. The number of nitrogens with one attached hydrogen (secondary N) is 1. The maximum Gasteiger partial charge on any atom is 0.123 e. The van der Waals surface area contributed by atoms with Gasteiger partial charge in [-0.1, -0.05) is 44.2 Å². The SMILES string of the molecule is CC.Fc1ccc2c(c1)CCC(CCNCc1ccccc1)O2. The van der Waals surface area contributed by atoms with Gasteiger partial charge in [-0.05, 0) is 55.1 Å². The zero-order valence-corrected chi connectivity index (χ0v) is 14.0. The van der Waals surface area contributed by atoms with Gasteiger partial charge in [-0.3, -0.25) is 0 Å². The van der Waals surface area contributed by atoms with Crippen LogP contribution in [0.3, 0.4) is 0 Å². The summed E-state index contributed by atoms with van der Waals surface area (Å²) in [6.45, 7) is 5.81. The molecule has 0 amide bonds. The molecule has 0 saturated heterocycles. The summed E-state index contributed by atoms with van der Waals surface area (Å²) in [5.74, 6) is 0.663. The summed E-state index contributed by atoms with van der Waals surface area (Å²) in [5, 5.41) is 3.44. The average molecular weight is 315 g/mol. The maximum atomic E-state index is 13.1. The summed E-state index contributed by atoms with van der Waals surface area (Å²) in [5.41, 5.74) is 2.28. The molecule has 23 heavy (non-hydrogen) atoms. The van der Waals surface area contributed by atoms with Crippen molar-refractivity contribution in [3.05, 3.63) is 65.5 Å². The first-order chi connectivity index (χ1) is 11.3. The highest BCUT2D eigenvalue weighted by atomic mass is 19.1. The Labute approximate surface area is 138 Å². The van der Waals surface area contributed by atoms with E-state index in [1.54, 1.807) is 12.1 Å². The highest BCUT2D eigenvalue weighted by Gasteiger charge is 2.19. The zero-order valence-electron chi connectivity index (χ0n) is 14.0. The standard InChI is InChI=1S/C18H20FNO.C2H6/c19-16-7-9-18-15(12-16)6-8-17(21-18)10-11-20-13-14-4-2-1-3-5-14;1-2/h1-5,7,9,12,17,20H,6,8,10-11,13H2;1-2H3. The van der Waals surface area contributed by atoms with Crippen LogP contribution in [0.1, 0.15) is 37.8 Å². The third kappa shape index (κ3) is 5.36. The van der Waals surface area contributed by atoms with Crippen LogP contribution in [0.15, 0.2) is 48.5 Å². The van der Waals surface area contributed by atoms with Crippen molar-refractivity contribution in [3.8, 4) is 5.75 Å². The molecule has 0 saturated carbocycles. The van der Waals surface area contributed by atoms with E-state index in [9.17, 15) is 4.39 Å². The topological polar surface area (TPSA) is 21.3 Å². The molecule has 0 aromatic heterocycles. The normalized spacial score (nSPS) is 15.9. The van der Waals surface area contributed by atoms with Crippen LogP contribution < -0.4 is 10.1 Å². The van der Waals surface area contributed by atoms with Crippen LogP contribution >= 0.6 is 0 Å². The van der Waals surface area contributed by atoms with E-state index < -0.39 is 0 Å². The molecule has 2 aromatic carbocycles. The van der Waals surface area contributed by atoms with E-state index in [0.717, 1.165) is 43.7 Å². The molecule has 1 atom stereocenters. The van der Waals surface area contributed by atoms with Crippen molar-refractivity contribution in [2.45, 2.75) is 45.8 Å². The summed E-state index contributed by atoms with van der Waals surface area (Å²) in [6, 6.07) is 15.2. The average Bonchev–Trinajstić information content (AvgIpc) is 2.61. The van der Waals surface area contributed by atoms with Gasteiger partial charge in [0.1, 0.15) is 17.7 Å². The van der Waals surface area contributed by atoms with E-state index in [4.69, 9.17) is 4.74 Å². The van der Waals surface area contributed by atoms with E-state index in [1.165, 1.54) is 11.6 Å². The van der Waals surface area contributed by atoms with Gasteiger partial charge in [0.15, 0.2) is 0 Å². The Bertz CT molecular complexity index is 585. The number of rotatable bonds is 5. The number of hydrogen-bond acceptors (Lipinski definition) is 2. The first-order valence-corrected chi connectivity index (χ1v) is 8.51. The molecule has 2 aromatic rings. The minimum absolute atomic E-state index is 0.180. The van der Waals surface area contributed by atoms with Gasteiger partial charge in [0.25, 0.3) is 0 Å². The van der Waals surface area contributed by atoms with Crippen molar-refractivity contribution >= 4 is 0 Å². The van der Waals surface area contributed by atoms with Crippen molar-refractivity contribution in [2.24, 2.45) is 0 Å². The molecule has 1 N–H and O–H groups in total. The Morgan fingerprint density at radius 2 is 1.91 bits per heavy atom. The maximum absolute atomic E-state index is 13.1. The van der Waals surface area contributed by atoms with E-state index in [1.807, 2.05) is 19.9 Å². The second kappa shape index (κ2) is 9.31. The molecule has 0 bridgehead atoms. The molecule has 0 fully saturated rings. The Morgan fingerprint density at radius 3 is 2.70 bits per heavy atom. The Kier molecular flexibility index (Phi) is 7.08. The number of hydrogen-bond donors (Lipinski definition) is 1. The van der Waals surface area contributed by atoms with Gasteiger partial charge in [-0.15, -0.1) is 0 Å². The van der Waals surface area contributed by atoms with E-state index in [2.05, 4.69) is 29.6 Å². The zero-order chi connectivity index (χ0) is 16.5. The van der Waals surface area contributed by atoms with Crippen LogP contribution in [0, 0.1) is 5.82 Å². The minimum Gasteiger partial charge on any atom is -0.490 e. The molecule has 1 unspecified atom stereocenters. The highest BCUT2D eigenvalue weighted by molar-refractivity contribution is 5.35. The van der Waals surface area contributed by atoms with Gasteiger partial charge in [0.05, 0.1) is 0 Å². The number of ether oxygens (including phenoxy) is 1. The minimum atomic E-state index is -0.180. The van der Waals surface area contributed by atoms with Gasteiger partial charge in [-0.2, -0.15) is 0 Å². The monoisotopic (exact) mass is 315 g/mol. The highest BCUT2D eigenvalue weighted by Crippen LogP contribution is 2.28. The second-order valence-electron chi connectivity index (χ2n) is 5.48. The molecular formula is C20H26FNO. The molecule has 124 valence electrons. The smallest absolute Gasteiger partial charge is 0.123 e. The predicted molar refractivity (Wildman–Crippen MR) is 93.3 cm³/mol. The van der Waals surface area contributed by atoms with Crippen LogP contribution in [0.25, 0.3) is 0 Å². The van der Waals surface area contributed by atoms with Gasteiger partial charge >= 0.3 is 0 Å². The summed E-state index contributed by atoms with van der Waals surface area (Å²) in [7, 11) is 0. The lowest BCUT2D eigenvalue weighted by Gasteiger charge is -2.26. The van der Waals surface area contributed by atoms with Crippen molar-refractivity contribution in [1.29, 1.82) is 0 Å². The first-order valence-electron chi connectivity index (χ1n) is 8.51. The molecule has 2 nitrogen and oxygen atoms in total. The van der Waals surface area contributed by atoms with Crippen LogP contribution in [-0.2, 0) is 13.0 Å². The van der Waals surface area contributed by atoms with Crippen molar-refractivity contribution < 1.29 is 9.13 Å². The summed E-state index contributed by atoms with van der Waals surface area (Å²) < 4.78 is 19.1. The molecule has 0 radical (unpaired) electrons. The van der Waals surface area contributed by atoms with Gasteiger partial charge < -0.3 is 10.1 Å². The fraction of sp³-hybridized carbons (Fsp3) is 0.400. The third-order valence-corrected chi connectivity index (χ3v) is 3.87. The van der Waals surface area contributed by atoms with Crippen LogP contribution in [0.2, 0.25) is 0 Å². The van der Waals surface area contributed by atoms with Crippen molar-refractivity contribution in [3.63, 3.8) is 0 Å². The Morgan fingerprint density at radius 1 is 1.13 bits per heavy atom. The lowest BCUT2D eigenvalue weighted by atomic mass is 10.0. The fourth-order valence-electron chi connectivity index (χ4n) is 2.71. The molecule has 1 aliphatic rings.